The Morgan fingerprint density at radius 1 is 1.19 bits per heavy atom. The SMILES string of the molecule is CC(C)(C)C1CCC(=O)N(CCc2ccc(N)cc2)CC1. The van der Waals surface area contributed by atoms with E-state index in [4.69, 9.17) is 5.73 Å². The first-order chi connectivity index (χ1) is 9.86. The number of carbonyl (C=O) groups excluding carboxylic acids is 1. The molecule has 1 aliphatic rings. The molecule has 1 aromatic rings. The van der Waals surface area contributed by atoms with Crippen molar-refractivity contribution in [2.45, 2.75) is 46.5 Å². The molecule has 0 aliphatic carbocycles. The molecule has 1 aliphatic heterocycles. The van der Waals surface area contributed by atoms with E-state index in [9.17, 15) is 4.79 Å². The van der Waals surface area contributed by atoms with Gasteiger partial charge in [0.15, 0.2) is 0 Å². The van der Waals surface area contributed by atoms with Gasteiger partial charge in [-0.15, -0.1) is 0 Å². The summed E-state index contributed by atoms with van der Waals surface area (Å²) in [6, 6.07) is 7.95. The molecule has 1 atom stereocenters. The molecule has 1 aromatic carbocycles. The van der Waals surface area contributed by atoms with E-state index in [1.165, 1.54) is 5.56 Å². The number of amides is 1. The van der Waals surface area contributed by atoms with E-state index in [1.54, 1.807) is 0 Å². The highest BCUT2D eigenvalue weighted by molar-refractivity contribution is 5.76. The largest absolute Gasteiger partial charge is 0.399 e. The Hall–Kier alpha value is -1.51. The van der Waals surface area contributed by atoms with Crippen molar-refractivity contribution in [2.24, 2.45) is 11.3 Å². The number of carbonyl (C=O) groups is 1. The highest BCUT2D eigenvalue weighted by atomic mass is 16.2. The Morgan fingerprint density at radius 2 is 1.86 bits per heavy atom. The predicted molar refractivity (Wildman–Crippen MR) is 87.9 cm³/mol. The Bertz CT molecular complexity index is 473. The average Bonchev–Trinajstić information content (AvgIpc) is 2.60. The Morgan fingerprint density at radius 3 is 2.48 bits per heavy atom. The van der Waals surface area contributed by atoms with Gasteiger partial charge in [-0.25, -0.2) is 0 Å². The third kappa shape index (κ3) is 4.48. The summed E-state index contributed by atoms with van der Waals surface area (Å²) < 4.78 is 0. The van der Waals surface area contributed by atoms with Gasteiger partial charge in [-0.1, -0.05) is 32.9 Å². The number of hydrogen-bond acceptors (Lipinski definition) is 2. The molecule has 3 nitrogen and oxygen atoms in total. The third-order valence-corrected chi connectivity index (χ3v) is 4.68. The molecule has 21 heavy (non-hydrogen) atoms. The van der Waals surface area contributed by atoms with Crippen LogP contribution >= 0.6 is 0 Å². The van der Waals surface area contributed by atoms with Gasteiger partial charge in [0.05, 0.1) is 0 Å². The molecule has 0 radical (unpaired) electrons. The topological polar surface area (TPSA) is 46.3 Å². The van der Waals surface area contributed by atoms with Crippen molar-refractivity contribution in [2.75, 3.05) is 18.8 Å². The van der Waals surface area contributed by atoms with Gasteiger partial charge in [0.25, 0.3) is 0 Å². The van der Waals surface area contributed by atoms with Gasteiger partial charge in [-0.2, -0.15) is 0 Å². The minimum Gasteiger partial charge on any atom is -0.399 e. The van der Waals surface area contributed by atoms with Gasteiger partial charge >= 0.3 is 0 Å². The van der Waals surface area contributed by atoms with Gasteiger partial charge in [-0.3, -0.25) is 4.79 Å². The van der Waals surface area contributed by atoms with Crippen LogP contribution in [0.15, 0.2) is 24.3 Å². The summed E-state index contributed by atoms with van der Waals surface area (Å²) in [5.41, 5.74) is 8.03. The second kappa shape index (κ2) is 6.50. The fourth-order valence-electron chi connectivity index (χ4n) is 3.09. The maximum Gasteiger partial charge on any atom is 0.222 e. The molecule has 1 heterocycles. The highest BCUT2D eigenvalue weighted by Crippen LogP contribution is 2.34. The molecule has 1 fully saturated rings. The number of anilines is 1. The minimum absolute atomic E-state index is 0.299. The summed E-state index contributed by atoms with van der Waals surface area (Å²) in [7, 11) is 0. The first-order valence-corrected chi connectivity index (χ1v) is 7.98. The molecule has 0 spiro atoms. The Labute approximate surface area is 128 Å². The number of nitrogens with two attached hydrogens (primary N) is 1. The molecule has 1 saturated heterocycles. The van der Waals surface area contributed by atoms with Crippen molar-refractivity contribution in [3.05, 3.63) is 29.8 Å². The van der Waals surface area contributed by atoms with Crippen molar-refractivity contribution >= 4 is 11.6 Å². The maximum atomic E-state index is 12.3. The quantitative estimate of drug-likeness (QED) is 0.865. The van der Waals surface area contributed by atoms with Crippen LogP contribution in [0.25, 0.3) is 0 Å². The first kappa shape index (κ1) is 15.9. The van der Waals surface area contributed by atoms with Crippen LogP contribution in [-0.4, -0.2) is 23.9 Å². The Kier molecular flexibility index (Phi) is 4.92. The molecular formula is C18H28N2O. The van der Waals surface area contributed by atoms with E-state index in [2.05, 4.69) is 32.9 Å². The van der Waals surface area contributed by atoms with Crippen LogP contribution < -0.4 is 5.73 Å². The fraction of sp³-hybridized carbons (Fsp3) is 0.611. The molecule has 2 rings (SSSR count). The summed E-state index contributed by atoms with van der Waals surface area (Å²) >= 11 is 0. The number of rotatable bonds is 3. The second-order valence-corrected chi connectivity index (χ2v) is 7.26. The molecule has 1 unspecified atom stereocenters. The number of benzene rings is 1. The molecule has 0 aromatic heterocycles. The Balaban J connectivity index is 1.91. The van der Waals surface area contributed by atoms with Crippen LogP contribution in [0.2, 0.25) is 0 Å². The van der Waals surface area contributed by atoms with Crippen LogP contribution in [0, 0.1) is 11.3 Å². The third-order valence-electron chi connectivity index (χ3n) is 4.68. The van der Waals surface area contributed by atoms with Crippen molar-refractivity contribution in [3.63, 3.8) is 0 Å². The van der Waals surface area contributed by atoms with E-state index in [1.807, 2.05) is 17.0 Å². The van der Waals surface area contributed by atoms with Gasteiger partial charge < -0.3 is 10.6 Å². The zero-order valence-electron chi connectivity index (χ0n) is 13.6. The van der Waals surface area contributed by atoms with Crippen molar-refractivity contribution in [1.82, 2.24) is 4.90 Å². The molecule has 1 amide bonds. The van der Waals surface area contributed by atoms with E-state index in [-0.39, 0.29) is 0 Å². The summed E-state index contributed by atoms with van der Waals surface area (Å²) in [5, 5.41) is 0. The van der Waals surface area contributed by atoms with Crippen molar-refractivity contribution in [1.29, 1.82) is 0 Å². The fourth-order valence-corrected chi connectivity index (χ4v) is 3.09. The lowest BCUT2D eigenvalue weighted by atomic mass is 9.77. The molecule has 2 N–H and O–H groups in total. The normalized spacial score (nSPS) is 20.4. The van der Waals surface area contributed by atoms with Crippen LogP contribution in [0.1, 0.15) is 45.6 Å². The maximum absolute atomic E-state index is 12.3. The molecule has 3 heteroatoms. The van der Waals surface area contributed by atoms with Gasteiger partial charge in [0.1, 0.15) is 0 Å². The number of nitrogen functional groups attached to an aromatic ring is 1. The summed E-state index contributed by atoms with van der Waals surface area (Å²) in [4.78, 5) is 14.3. The smallest absolute Gasteiger partial charge is 0.222 e. The average molecular weight is 288 g/mol. The van der Waals surface area contributed by atoms with E-state index >= 15 is 0 Å². The molecule has 0 bridgehead atoms. The lowest BCUT2D eigenvalue weighted by Gasteiger charge is -2.29. The van der Waals surface area contributed by atoms with Crippen LogP contribution in [0.3, 0.4) is 0 Å². The van der Waals surface area contributed by atoms with Gasteiger partial charge in [0, 0.05) is 25.2 Å². The van der Waals surface area contributed by atoms with Crippen LogP contribution in [0.4, 0.5) is 5.69 Å². The second-order valence-electron chi connectivity index (χ2n) is 7.26. The van der Waals surface area contributed by atoms with E-state index in [0.29, 0.717) is 23.7 Å². The van der Waals surface area contributed by atoms with Crippen molar-refractivity contribution in [3.8, 4) is 0 Å². The standard InChI is InChI=1S/C18H28N2O/c1-18(2,3)15-6-9-17(21)20(13-11-15)12-10-14-4-7-16(19)8-5-14/h4-5,7-8,15H,6,9-13,19H2,1-3H3. The lowest BCUT2D eigenvalue weighted by Crippen LogP contribution is -2.32. The zero-order valence-corrected chi connectivity index (χ0v) is 13.6. The van der Waals surface area contributed by atoms with E-state index in [0.717, 1.165) is 38.0 Å². The number of likely N-dealkylation sites (tertiary alicyclic amines) is 1. The summed E-state index contributed by atoms with van der Waals surface area (Å²) in [6.45, 7) is 8.57. The predicted octanol–water partition coefficient (Wildman–Crippen LogP) is 3.49. The lowest BCUT2D eigenvalue weighted by molar-refractivity contribution is -0.130. The zero-order chi connectivity index (χ0) is 15.5. The summed E-state index contributed by atoms with van der Waals surface area (Å²) in [5.74, 6) is 0.958. The first-order valence-electron chi connectivity index (χ1n) is 7.98. The number of nitrogens with zero attached hydrogens (tertiary/aromatic N) is 1. The monoisotopic (exact) mass is 288 g/mol. The minimum atomic E-state index is 0.299. The molecular weight excluding hydrogens is 260 g/mol. The molecule has 116 valence electrons. The van der Waals surface area contributed by atoms with Crippen molar-refractivity contribution < 1.29 is 4.79 Å². The highest BCUT2D eigenvalue weighted by Gasteiger charge is 2.29. The number of hydrogen-bond donors (Lipinski definition) is 1. The molecule has 0 saturated carbocycles. The van der Waals surface area contributed by atoms with E-state index < -0.39 is 0 Å². The van der Waals surface area contributed by atoms with Gasteiger partial charge in [-0.05, 0) is 48.3 Å². The summed E-state index contributed by atoms with van der Waals surface area (Å²) in [6.07, 6.45) is 3.76. The van der Waals surface area contributed by atoms with Crippen LogP contribution in [0.5, 0.6) is 0 Å². The van der Waals surface area contributed by atoms with Crippen LogP contribution in [-0.2, 0) is 11.2 Å². The van der Waals surface area contributed by atoms with Gasteiger partial charge in [0.2, 0.25) is 5.91 Å².